The van der Waals surface area contributed by atoms with Crippen molar-refractivity contribution in [3.05, 3.63) is 17.7 Å². The van der Waals surface area contributed by atoms with Crippen LogP contribution in [0.3, 0.4) is 0 Å². The summed E-state index contributed by atoms with van der Waals surface area (Å²) in [4.78, 5) is -1.08. The zero-order chi connectivity index (χ0) is 13.2. The first kappa shape index (κ1) is 14.0. The van der Waals surface area contributed by atoms with Gasteiger partial charge in [-0.3, -0.25) is 0 Å². The number of benzene rings is 1. The maximum atomic E-state index is 12.1. The second-order valence-corrected chi connectivity index (χ2v) is 5.67. The third-order valence-corrected chi connectivity index (χ3v) is 3.65. The molecule has 0 bridgehead atoms. The zero-order valence-electron chi connectivity index (χ0n) is 7.89. The fourth-order valence-electron chi connectivity index (χ4n) is 1.07. The van der Waals surface area contributed by atoms with Gasteiger partial charge in [0, 0.05) is 15.6 Å². The molecule has 0 aromatic heterocycles. The molecular formula is C8H4ClF2NO3S2. The first-order valence-corrected chi connectivity index (χ1v) is 6.68. The Morgan fingerprint density at radius 1 is 1.47 bits per heavy atom. The van der Waals surface area contributed by atoms with Crippen LogP contribution < -0.4 is 4.74 Å². The van der Waals surface area contributed by atoms with Gasteiger partial charge in [0.15, 0.2) is 0 Å². The maximum Gasteiger partial charge on any atom is 0.387 e. The van der Waals surface area contributed by atoms with Crippen LogP contribution in [0.15, 0.2) is 21.9 Å². The number of alkyl halides is 2. The molecule has 0 saturated carbocycles. The largest absolute Gasteiger partial charge is 0.433 e. The van der Waals surface area contributed by atoms with Crippen molar-refractivity contribution < 1.29 is 21.9 Å². The third-order valence-electron chi connectivity index (χ3n) is 1.68. The van der Waals surface area contributed by atoms with Crippen LogP contribution in [0.5, 0.6) is 5.75 Å². The van der Waals surface area contributed by atoms with E-state index < -0.39 is 26.3 Å². The molecule has 17 heavy (non-hydrogen) atoms. The first-order valence-electron chi connectivity index (χ1n) is 3.93. The Morgan fingerprint density at radius 3 is 2.47 bits per heavy atom. The van der Waals surface area contributed by atoms with E-state index in [-0.39, 0.29) is 10.5 Å². The quantitative estimate of drug-likeness (QED) is 0.687. The lowest BCUT2D eigenvalue weighted by molar-refractivity contribution is -0.0519. The van der Waals surface area contributed by atoms with Crippen molar-refractivity contribution in [2.75, 3.05) is 0 Å². The average molecular weight is 300 g/mol. The highest BCUT2D eigenvalue weighted by molar-refractivity contribution is 8.14. The van der Waals surface area contributed by atoms with Crippen molar-refractivity contribution in [2.45, 2.75) is 16.4 Å². The Hall–Kier alpha value is -1.04. The molecule has 0 heterocycles. The van der Waals surface area contributed by atoms with Gasteiger partial charge in [-0.25, -0.2) is 8.42 Å². The standard InChI is InChI=1S/C8H4ClF2NO3S2/c9-17(13,14)7-5(15-8(10)11)2-1-4(3-12)6(7)16/h1-2,8,16H. The molecule has 0 amide bonds. The molecule has 0 aliphatic carbocycles. The van der Waals surface area contributed by atoms with Crippen LogP contribution in [0.1, 0.15) is 5.56 Å². The fraction of sp³-hybridized carbons (Fsp3) is 0.125. The molecule has 92 valence electrons. The number of hydrogen-bond acceptors (Lipinski definition) is 5. The Balaban J connectivity index is 3.54. The Bertz CT molecular complexity index is 583. The predicted octanol–water partition coefficient (Wildman–Crippen LogP) is 2.38. The molecule has 1 aromatic rings. The van der Waals surface area contributed by atoms with E-state index in [0.29, 0.717) is 0 Å². The van der Waals surface area contributed by atoms with Gasteiger partial charge in [0.25, 0.3) is 9.05 Å². The van der Waals surface area contributed by atoms with Gasteiger partial charge in [0.2, 0.25) is 0 Å². The molecule has 0 atom stereocenters. The summed E-state index contributed by atoms with van der Waals surface area (Å²) in [6, 6.07) is 3.66. The molecular weight excluding hydrogens is 296 g/mol. The van der Waals surface area contributed by atoms with Gasteiger partial charge in [-0.15, -0.1) is 12.6 Å². The molecule has 0 N–H and O–H groups in total. The second kappa shape index (κ2) is 5.08. The SMILES string of the molecule is N#Cc1ccc(OC(F)F)c(S(=O)(=O)Cl)c1S. The number of thiol groups is 1. The molecule has 1 rings (SSSR count). The Kier molecular flexibility index (Phi) is 4.19. The minimum absolute atomic E-state index is 0.117. The topological polar surface area (TPSA) is 67.2 Å². The molecule has 0 aliphatic heterocycles. The lowest BCUT2D eigenvalue weighted by Crippen LogP contribution is -2.07. The summed E-state index contributed by atoms with van der Waals surface area (Å²) in [5.41, 5.74) is -0.117. The van der Waals surface area contributed by atoms with E-state index in [2.05, 4.69) is 17.4 Å². The van der Waals surface area contributed by atoms with Crippen molar-refractivity contribution in [3.63, 3.8) is 0 Å². The summed E-state index contributed by atoms with van der Waals surface area (Å²) in [5, 5.41) is 8.66. The number of nitrogens with zero attached hydrogens (tertiary/aromatic N) is 1. The van der Waals surface area contributed by atoms with Crippen LogP contribution >= 0.6 is 23.3 Å². The molecule has 4 nitrogen and oxygen atoms in total. The lowest BCUT2D eigenvalue weighted by atomic mass is 10.2. The molecule has 9 heteroatoms. The van der Waals surface area contributed by atoms with Gasteiger partial charge in [-0.05, 0) is 12.1 Å². The van der Waals surface area contributed by atoms with Gasteiger partial charge < -0.3 is 4.74 Å². The fourth-order valence-corrected chi connectivity index (χ4v) is 2.98. The second-order valence-electron chi connectivity index (χ2n) is 2.72. The van der Waals surface area contributed by atoms with Crippen molar-refractivity contribution in [1.29, 1.82) is 5.26 Å². The van der Waals surface area contributed by atoms with Crippen LogP contribution in [0, 0.1) is 11.3 Å². The Morgan fingerprint density at radius 2 is 2.06 bits per heavy atom. The highest BCUT2D eigenvalue weighted by Crippen LogP contribution is 2.35. The number of ether oxygens (including phenoxy) is 1. The van der Waals surface area contributed by atoms with Crippen molar-refractivity contribution in [2.24, 2.45) is 0 Å². The van der Waals surface area contributed by atoms with Crippen molar-refractivity contribution >= 4 is 32.4 Å². The van der Waals surface area contributed by atoms with Crippen molar-refractivity contribution in [1.82, 2.24) is 0 Å². The van der Waals surface area contributed by atoms with E-state index in [4.69, 9.17) is 15.9 Å². The summed E-state index contributed by atoms with van der Waals surface area (Å²) in [6.45, 7) is -3.21. The number of nitriles is 1. The molecule has 0 spiro atoms. The highest BCUT2D eigenvalue weighted by Gasteiger charge is 2.24. The molecule has 0 aliphatic rings. The molecule has 1 aromatic carbocycles. The van der Waals surface area contributed by atoms with E-state index in [1.165, 1.54) is 0 Å². The lowest BCUT2D eigenvalue weighted by Gasteiger charge is -2.10. The normalized spacial score (nSPS) is 11.3. The summed E-state index contributed by atoms with van der Waals surface area (Å²) < 4.78 is 50.5. The van der Waals surface area contributed by atoms with Gasteiger partial charge in [0.1, 0.15) is 16.7 Å². The summed E-state index contributed by atoms with van der Waals surface area (Å²) >= 11 is 3.77. The van der Waals surface area contributed by atoms with Crippen LogP contribution in [-0.4, -0.2) is 15.0 Å². The van der Waals surface area contributed by atoms with Crippen molar-refractivity contribution in [3.8, 4) is 11.8 Å². The summed E-state index contributed by atoms with van der Waals surface area (Å²) in [6.07, 6.45) is 0. The average Bonchev–Trinajstić information content (AvgIpc) is 2.14. The maximum absolute atomic E-state index is 12.1. The predicted molar refractivity (Wildman–Crippen MR) is 58.1 cm³/mol. The number of rotatable bonds is 3. The number of hydrogen-bond donors (Lipinski definition) is 1. The third kappa shape index (κ3) is 3.21. The number of halogens is 3. The smallest absolute Gasteiger partial charge is 0.387 e. The highest BCUT2D eigenvalue weighted by atomic mass is 35.7. The summed E-state index contributed by atoms with van der Waals surface area (Å²) in [5.74, 6) is -0.654. The minimum atomic E-state index is -4.36. The van der Waals surface area contributed by atoms with E-state index in [1.807, 2.05) is 0 Å². The zero-order valence-corrected chi connectivity index (χ0v) is 10.4. The summed E-state index contributed by atoms with van der Waals surface area (Å²) in [7, 11) is 0.714. The molecule has 0 unspecified atom stereocenters. The van der Waals surface area contributed by atoms with E-state index in [0.717, 1.165) is 12.1 Å². The van der Waals surface area contributed by atoms with Gasteiger partial charge in [-0.1, -0.05) is 0 Å². The van der Waals surface area contributed by atoms with E-state index in [9.17, 15) is 17.2 Å². The van der Waals surface area contributed by atoms with Crippen LogP contribution in [0.2, 0.25) is 0 Å². The Labute approximate surface area is 106 Å². The van der Waals surface area contributed by atoms with Gasteiger partial charge in [-0.2, -0.15) is 14.0 Å². The molecule has 0 fully saturated rings. The molecule has 0 radical (unpaired) electrons. The van der Waals surface area contributed by atoms with E-state index in [1.54, 1.807) is 6.07 Å². The first-order chi connectivity index (χ1) is 7.77. The monoisotopic (exact) mass is 299 g/mol. The minimum Gasteiger partial charge on any atom is -0.433 e. The molecule has 0 saturated heterocycles. The van der Waals surface area contributed by atoms with Gasteiger partial charge in [0.05, 0.1) is 5.56 Å². The van der Waals surface area contributed by atoms with Crippen LogP contribution in [0.4, 0.5) is 8.78 Å². The van der Waals surface area contributed by atoms with Crippen LogP contribution in [0.25, 0.3) is 0 Å². The van der Waals surface area contributed by atoms with E-state index >= 15 is 0 Å². The van der Waals surface area contributed by atoms with Crippen LogP contribution in [-0.2, 0) is 9.05 Å². The van der Waals surface area contributed by atoms with Gasteiger partial charge >= 0.3 is 6.61 Å².